The molecule has 36 heavy (non-hydrogen) atoms. The lowest BCUT2D eigenvalue weighted by Crippen LogP contribution is -2.58. The Morgan fingerprint density at radius 2 is 1.97 bits per heavy atom. The molecule has 0 aromatic heterocycles. The topological polar surface area (TPSA) is 96.4 Å². The van der Waals surface area contributed by atoms with E-state index in [1.807, 2.05) is 11.8 Å². The fourth-order valence-electron chi connectivity index (χ4n) is 7.30. The number of aliphatic hydroxyl groups excluding tert-OH is 1. The van der Waals surface area contributed by atoms with Crippen LogP contribution in [0.5, 0.6) is 0 Å². The maximum atomic E-state index is 14.3. The van der Waals surface area contributed by atoms with Crippen molar-refractivity contribution in [2.24, 2.45) is 11.8 Å². The highest BCUT2D eigenvalue weighted by molar-refractivity contribution is 5.98. The van der Waals surface area contributed by atoms with Crippen LogP contribution in [0.1, 0.15) is 71.1 Å². The number of amides is 2. The van der Waals surface area contributed by atoms with Crippen LogP contribution >= 0.6 is 0 Å². The number of aliphatic hydroxyl groups is 1. The van der Waals surface area contributed by atoms with Crippen molar-refractivity contribution >= 4 is 17.8 Å². The molecule has 3 heterocycles. The largest absolute Gasteiger partial charge is 0.465 e. The fourth-order valence-corrected chi connectivity index (χ4v) is 7.30. The van der Waals surface area contributed by atoms with E-state index < -0.39 is 35.0 Å². The molecule has 0 aromatic rings. The van der Waals surface area contributed by atoms with Crippen molar-refractivity contribution in [3.05, 3.63) is 25.3 Å². The molecule has 3 saturated heterocycles. The van der Waals surface area contributed by atoms with Crippen LogP contribution in [0.15, 0.2) is 25.3 Å². The maximum absolute atomic E-state index is 14.3. The van der Waals surface area contributed by atoms with Crippen molar-refractivity contribution < 1.29 is 29.0 Å². The molecule has 4 rings (SSSR count). The van der Waals surface area contributed by atoms with Gasteiger partial charge in [-0.2, -0.15) is 0 Å². The first-order chi connectivity index (χ1) is 17.4. The van der Waals surface area contributed by atoms with E-state index in [2.05, 4.69) is 13.2 Å². The Hall–Kier alpha value is -2.19. The van der Waals surface area contributed by atoms with E-state index in [1.54, 1.807) is 12.2 Å². The highest BCUT2D eigenvalue weighted by atomic mass is 16.6. The number of unbranched alkanes of at least 4 members (excludes halogenated alkanes) is 1. The van der Waals surface area contributed by atoms with Gasteiger partial charge in [-0.1, -0.05) is 38.3 Å². The van der Waals surface area contributed by atoms with Crippen LogP contribution in [-0.2, 0) is 23.9 Å². The SMILES string of the molecule is C=CCCCOC(=O)[C@H]1[C@H]2C(=O)N(CCO)C(C(=O)N(CC=C)C3CCCCC3)C23CC[C@]1(CC)O3. The second kappa shape index (κ2) is 11.1. The molecular formula is C28H42N2O6. The molecule has 2 bridgehead atoms. The molecule has 1 aliphatic carbocycles. The number of allylic oxidation sites excluding steroid dienone is 1. The fraction of sp³-hybridized carbons (Fsp3) is 0.750. The molecular weight excluding hydrogens is 460 g/mol. The molecule has 2 amide bonds. The van der Waals surface area contributed by atoms with Crippen LogP contribution in [0.25, 0.3) is 0 Å². The summed E-state index contributed by atoms with van der Waals surface area (Å²) in [7, 11) is 0. The molecule has 1 spiro atoms. The molecule has 4 fully saturated rings. The van der Waals surface area contributed by atoms with E-state index in [-0.39, 0.29) is 37.6 Å². The molecule has 2 unspecified atom stereocenters. The average Bonchev–Trinajstić information content (AvgIpc) is 3.49. The van der Waals surface area contributed by atoms with E-state index in [0.29, 0.717) is 32.2 Å². The predicted molar refractivity (Wildman–Crippen MR) is 135 cm³/mol. The number of carbonyl (C=O) groups excluding carboxylic acids is 3. The Morgan fingerprint density at radius 3 is 2.61 bits per heavy atom. The summed E-state index contributed by atoms with van der Waals surface area (Å²) in [4.78, 5) is 45.0. The number of β-amino-alcohol motifs (C(OH)–C–C–N with tert-alkyl or cyclic N) is 1. The predicted octanol–water partition coefficient (Wildman–Crippen LogP) is 2.99. The maximum Gasteiger partial charge on any atom is 0.312 e. The first kappa shape index (κ1) is 26.9. The van der Waals surface area contributed by atoms with Gasteiger partial charge in [-0.05, 0) is 44.9 Å². The zero-order valence-electron chi connectivity index (χ0n) is 21.7. The van der Waals surface area contributed by atoms with E-state index in [9.17, 15) is 19.5 Å². The van der Waals surface area contributed by atoms with Crippen molar-refractivity contribution in [3.8, 4) is 0 Å². The minimum Gasteiger partial charge on any atom is -0.465 e. The molecule has 0 radical (unpaired) electrons. The zero-order valence-corrected chi connectivity index (χ0v) is 21.7. The third kappa shape index (κ3) is 4.30. The van der Waals surface area contributed by atoms with Crippen LogP contribution < -0.4 is 0 Å². The Morgan fingerprint density at radius 1 is 1.22 bits per heavy atom. The average molecular weight is 503 g/mol. The van der Waals surface area contributed by atoms with Gasteiger partial charge in [0, 0.05) is 19.1 Å². The quantitative estimate of drug-likeness (QED) is 0.250. The summed E-state index contributed by atoms with van der Waals surface area (Å²) >= 11 is 0. The first-order valence-electron chi connectivity index (χ1n) is 13.7. The normalized spacial score (nSPS) is 33.4. The monoisotopic (exact) mass is 502 g/mol. The Labute approximate surface area is 214 Å². The molecule has 4 aliphatic rings. The summed E-state index contributed by atoms with van der Waals surface area (Å²) in [5.41, 5.74) is -1.90. The molecule has 0 aromatic carbocycles. The van der Waals surface area contributed by atoms with Crippen molar-refractivity contribution in [1.82, 2.24) is 9.80 Å². The molecule has 1 N–H and O–H groups in total. The second-order valence-electron chi connectivity index (χ2n) is 10.8. The third-order valence-electron chi connectivity index (χ3n) is 8.93. The molecule has 200 valence electrons. The van der Waals surface area contributed by atoms with Gasteiger partial charge in [0.2, 0.25) is 11.8 Å². The lowest BCUT2D eigenvalue weighted by Gasteiger charge is -2.40. The molecule has 5 atom stereocenters. The Balaban J connectivity index is 1.69. The lowest BCUT2D eigenvalue weighted by atomic mass is 9.65. The van der Waals surface area contributed by atoms with Crippen LogP contribution in [0.4, 0.5) is 0 Å². The summed E-state index contributed by atoms with van der Waals surface area (Å²) in [6.45, 7) is 9.97. The van der Waals surface area contributed by atoms with Crippen LogP contribution in [0, 0.1) is 11.8 Å². The number of hydrogen-bond donors (Lipinski definition) is 1. The van der Waals surface area contributed by atoms with Crippen molar-refractivity contribution in [2.45, 2.75) is 94.4 Å². The smallest absolute Gasteiger partial charge is 0.312 e. The number of nitrogens with zero attached hydrogens (tertiary/aromatic N) is 2. The molecule has 8 nitrogen and oxygen atoms in total. The number of ether oxygens (including phenoxy) is 2. The summed E-state index contributed by atoms with van der Waals surface area (Å²) < 4.78 is 12.4. The summed E-state index contributed by atoms with van der Waals surface area (Å²) in [6.07, 6.45) is 11.8. The number of rotatable bonds is 12. The van der Waals surface area contributed by atoms with Gasteiger partial charge >= 0.3 is 5.97 Å². The van der Waals surface area contributed by atoms with Crippen molar-refractivity contribution in [1.29, 1.82) is 0 Å². The lowest BCUT2D eigenvalue weighted by molar-refractivity contribution is -0.162. The van der Waals surface area contributed by atoms with Crippen LogP contribution in [-0.4, -0.2) is 82.3 Å². The summed E-state index contributed by atoms with van der Waals surface area (Å²) in [5, 5.41) is 9.83. The number of esters is 1. The molecule has 8 heteroatoms. The van der Waals surface area contributed by atoms with Gasteiger partial charge in [-0.15, -0.1) is 13.2 Å². The summed E-state index contributed by atoms with van der Waals surface area (Å²) in [5.74, 6) is -2.40. The minimum atomic E-state index is -1.09. The van der Waals surface area contributed by atoms with Gasteiger partial charge in [0.25, 0.3) is 0 Å². The van der Waals surface area contributed by atoms with E-state index >= 15 is 0 Å². The van der Waals surface area contributed by atoms with Crippen LogP contribution in [0.2, 0.25) is 0 Å². The molecule has 1 saturated carbocycles. The number of likely N-dealkylation sites (tertiary alicyclic amines) is 1. The van der Waals surface area contributed by atoms with Gasteiger partial charge in [0.15, 0.2) is 0 Å². The number of fused-ring (bicyclic) bond motifs is 1. The third-order valence-corrected chi connectivity index (χ3v) is 8.93. The Bertz CT molecular complexity index is 870. The van der Waals surface area contributed by atoms with Crippen molar-refractivity contribution in [3.63, 3.8) is 0 Å². The van der Waals surface area contributed by atoms with Crippen molar-refractivity contribution in [2.75, 3.05) is 26.3 Å². The van der Waals surface area contributed by atoms with Gasteiger partial charge in [-0.25, -0.2) is 0 Å². The zero-order chi connectivity index (χ0) is 25.9. The van der Waals surface area contributed by atoms with Gasteiger partial charge in [0.05, 0.1) is 24.7 Å². The number of carbonyl (C=O) groups is 3. The summed E-state index contributed by atoms with van der Waals surface area (Å²) in [6, 6.07) is -0.772. The Kier molecular flexibility index (Phi) is 8.25. The van der Waals surface area contributed by atoms with Gasteiger partial charge < -0.3 is 24.4 Å². The minimum absolute atomic E-state index is 0.0314. The second-order valence-corrected chi connectivity index (χ2v) is 10.8. The van der Waals surface area contributed by atoms with Crippen LogP contribution in [0.3, 0.4) is 0 Å². The van der Waals surface area contributed by atoms with E-state index in [4.69, 9.17) is 9.47 Å². The first-order valence-corrected chi connectivity index (χ1v) is 13.7. The van der Waals surface area contributed by atoms with Gasteiger partial charge in [0.1, 0.15) is 17.6 Å². The highest BCUT2D eigenvalue weighted by Gasteiger charge is 2.79. The standard InChI is InChI=1S/C28H42N2O6/c1-4-7-11-19-35-26(34)22-21-24(32)30(17-18-31)23(28(21)15-14-27(22,6-3)36-28)25(33)29(16-5-2)20-12-9-8-10-13-20/h4-5,20-23,31H,1-2,6-19H2,3H3/t21-,22+,23?,27-,28?/m0/s1. The number of hydrogen-bond acceptors (Lipinski definition) is 6. The molecule has 3 aliphatic heterocycles. The highest BCUT2D eigenvalue weighted by Crippen LogP contribution is 2.64. The van der Waals surface area contributed by atoms with E-state index in [0.717, 1.165) is 38.5 Å². The van der Waals surface area contributed by atoms with E-state index in [1.165, 1.54) is 4.90 Å². The van der Waals surface area contributed by atoms with Gasteiger partial charge in [-0.3, -0.25) is 14.4 Å².